The van der Waals surface area contributed by atoms with Gasteiger partial charge in [-0.15, -0.1) is 0 Å². The van der Waals surface area contributed by atoms with Crippen LogP contribution in [0.25, 0.3) is 0 Å². The first-order chi connectivity index (χ1) is 10.6. The number of methoxy groups -OCH3 is 1. The molecule has 0 radical (unpaired) electrons. The summed E-state index contributed by atoms with van der Waals surface area (Å²) in [4.78, 5) is 25.9. The molecule has 2 amide bonds. The zero-order valence-corrected chi connectivity index (χ0v) is 13.5. The number of likely N-dealkylation sites (tertiary alicyclic amines) is 1. The molecule has 120 valence electrons. The zero-order valence-electron chi connectivity index (χ0n) is 12.7. The average Bonchev–Trinajstić information content (AvgIpc) is 2.76. The van der Waals surface area contributed by atoms with Gasteiger partial charge in [-0.05, 0) is 31.0 Å². The predicted octanol–water partition coefficient (Wildman–Crippen LogP) is 3.08. The second-order valence-corrected chi connectivity index (χ2v) is 5.78. The topological polar surface area (TPSA) is 58.6 Å². The van der Waals surface area contributed by atoms with Crippen LogP contribution in [0.3, 0.4) is 0 Å². The van der Waals surface area contributed by atoms with Gasteiger partial charge in [-0.1, -0.05) is 24.4 Å². The van der Waals surface area contributed by atoms with E-state index >= 15 is 0 Å². The standard InChI is InChI=1S/C16H21ClN2O3/c1-22-14-7-6-12(10-13(14)17)18-15(20)11-16(21)19-8-4-2-3-5-9-19/h6-7,10H,2-5,8-9,11H2,1H3,(H,18,20). The summed E-state index contributed by atoms with van der Waals surface area (Å²) in [5.74, 6) is 0.106. The monoisotopic (exact) mass is 324 g/mol. The van der Waals surface area contributed by atoms with Gasteiger partial charge in [-0.2, -0.15) is 0 Å². The molecule has 1 N–H and O–H groups in total. The number of hydrogen-bond donors (Lipinski definition) is 1. The van der Waals surface area contributed by atoms with E-state index in [0.717, 1.165) is 38.8 Å². The van der Waals surface area contributed by atoms with Crippen LogP contribution in [0, 0.1) is 0 Å². The lowest BCUT2D eigenvalue weighted by Gasteiger charge is -2.20. The second-order valence-electron chi connectivity index (χ2n) is 5.37. The largest absolute Gasteiger partial charge is 0.495 e. The number of benzene rings is 1. The molecule has 1 aromatic rings. The Morgan fingerprint density at radius 3 is 2.50 bits per heavy atom. The summed E-state index contributed by atoms with van der Waals surface area (Å²) >= 11 is 6.01. The summed E-state index contributed by atoms with van der Waals surface area (Å²) in [6.45, 7) is 1.50. The average molecular weight is 325 g/mol. The highest BCUT2D eigenvalue weighted by Crippen LogP contribution is 2.27. The zero-order chi connectivity index (χ0) is 15.9. The molecule has 0 aromatic heterocycles. The fraction of sp³-hybridized carbons (Fsp3) is 0.500. The molecule has 1 heterocycles. The maximum atomic E-state index is 12.1. The Labute approximate surface area is 135 Å². The van der Waals surface area contributed by atoms with E-state index in [0.29, 0.717) is 16.5 Å². The lowest BCUT2D eigenvalue weighted by molar-refractivity contribution is -0.134. The van der Waals surface area contributed by atoms with Crippen LogP contribution in [-0.2, 0) is 9.59 Å². The summed E-state index contributed by atoms with van der Waals surface area (Å²) in [6.07, 6.45) is 4.20. The van der Waals surface area contributed by atoms with Crippen LogP contribution >= 0.6 is 11.6 Å². The van der Waals surface area contributed by atoms with Crippen LogP contribution in [0.2, 0.25) is 5.02 Å². The highest BCUT2D eigenvalue weighted by Gasteiger charge is 2.18. The lowest BCUT2D eigenvalue weighted by atomic mass is 10.2. The van der Waals surface area contributed by atoms with Gasteiger partial charge in [0.05, 0.1) is 12.1 Å². The molecule has 1 aromatic carbocycles. The maximum absolute atomic E-state index is 12.1. The fourth-order valence-electron chi connectivity index (χ4n) is 2.52. The highest BCUT2D eigenvalue weighted by molar-refractivity contribution is 6.32. The first-order valence-corrected chi connectivity index (χ1v) is 7.89. The van der Waals surface area contributed by atoms with Crippen molar-refractivity contribution in [1.82, 2.24) is 4.90 Å². The summed E-state index contributed by atoms with van der Waals surface area (Å²) in [6, 6.07) is 4.97. The number of nitrogens with one attached hydrogen (secondary N) is 1. The molecular weight excluding hydrogens is 304 g/mol. The molecule has 0 unspecified atom stereocenters. The predicted molar refractivity (Wildman–Crippen MR) is 86.3 cm³/mol. The number of halogens is 1. The van der Waals surface area contributed by atoms with Crippen molar-refractivity contribution in [2.24, 2.45) is 0 Å². The Bertz CT molecular complexity index is 540. The van der Waals surface area contributed by atoms with Crippen LogP contribution in [-0.4, -0.2) is 36.9 Å². The number of carbonyl (C=O) groups excluding carboxylic acids is 2. The number of carbonyl (C=O) groups is 2. The third kappa shape index (κ3) is 4.63. The molecule has 1 saturated heterocycles. The van der Waals surface area contributed by atoms with Gasteiger partial charge in [0.2, 0.25) is 11.8 Å². The minimum Gasteiger partial charge on any atom is -0.495 e. The molecule has 1 aliphatic heterocycles. The summed E-state index contributed by atoms with van der Waals surface area (Å²) < 4.78 is 5.06. The van der Waals surface area contributed by atoms with Crippen molar-refractivity contribution in [1.29, 1.82) is 0 Å². The summed E-state index contributed by atoms with van der Waals surface area (Å²) in [7, 11) is 1.53. The molecular formula is C16H21ClN2O3. The van der Waals surface area contributed by atoms with Crippen molar-refractivity contribution >= 4 is 29.1 Å². The van der Waals surface area contributed by atoms with Crippen LogP contribution in [0.4, 0.5) is 5.69 Å². The Morgan fingerprint density at radius 1 is 1.23 bits per heavy atom. The number of anilines is 1. The van der Waals surface area contributed by atoms with E-state index in [2.05, 4.69) is 5.32 Å². The van der Waals surface area contributed by atoms with Gasteiger partial charge < -0.3 is 15.0 Å². The maximum Gasteiger partial charge on any atom is 0.233 e. The molecule has 1 aliphatic rings. The van der Waals surface area contributed by atoms with Crippen molar-refractivity contribution in [2.75, 3.05) is 25.5 Å². The number of hydrogen-bond acceptors (Lipinski definition) is 3. The molecule has 0 aliphatic carbocycles. The molecule has 5 nitrogen and oxygen atoms in total. The van der Waals surface area contributed by atoms with E-state index in [9.17, 15) is 9.59 Å². The van der Waals surface area contributed by atoms with E-state index in [-0.39, 0.29) is 18.2 Å². The summed E-state index contributed by atoms with van der Waals surface area (Å²) in [5, 5.41) is 3.11. The number of rotatable bonds is 4. The van der Waals surface area contributed by atoms with Crippen molar-refractivity contribution in [3.63, 3.8) is 0 Å². The molecule has 2 rings (SSSR count). The minimum absolute atomic E-state index is 0.112. The molecule has 6 heteroatoms. The van der Waals surface area contributed by atoms with Gasteiger partial charge >= 0.3 is 0 Å². The van der Waals surface area contributed by atoms with Gasteiger partial charge in [0.15, 0.2) is 0 Å². The fourth-order valence-corrected chi connectivity index (χ4v) is 2.78. The normalized spacial score (nSPS) is 15.1. The van der Waals surface area contributed by atoms with Crippen LogP contribution in [0.15, 0.2) is 18.2 Å². The van der Waals surface area contributed by atoms with Crippen LogP contribution in [0.1, 0.15) is 32.1 Å². The Kier molecular flexibility index (Phi) is 6.07. The second kappa shape index (κ2) is 8.03. The number of ether oxygens (including phenoxy) is 1. The van der Waals surface area contributed by atoms with Gasteiger partial charge in [0.25, 0.3) is 0 Å². The van der Waals surface area contributed by atoms with Crippen LogP contribution < -0.4 is 10.1 Å². The van der Waals surface area contributed by atoms with E-state index in [1.807, 2.05) is 0 Å². The number of nitrogens with zero attached hydrogens (tertiary/aromatic N) is 1. The first-order valence-electron chi connectivity index (χ1n) is 7.51. The third-order valence-corrected chi connectivity index (χ3v) is 4.00. The van der Waals surface area contributed by atoms with E-state index in [1.54, 1.807) is 23.1 Å². The molecule has 22 heavy (non-hydrogen) atoms. The quantitative estimate of drug-likeness (QED) is 0.866. The molecule has 0 bridgehead atoms. The first kappa shape index (κ1) is 16.6. The Morgan fingerprint density at radius 2 is 1.91 bits per heavy atom. The van der Waals surface area contributed by atoms with E-state index in [4.69, 9.17) is 16.3 Å². The Hall–Kier alpha value is -1.75. The van der Waals surface area contributed by atoms with Gasteiger partial charge in [-0.3, -0.25) is 9.59 Å². The van der Waals surface area contributed by atoms with Crippen molar-refractivity contribution in [3.05, 3.63) is 23.2 Å². The van der Waals surface area contributed by atoms with E-state index in [1.165, 1.54) is 7.11 Å². The van der Waals surface area contributed by atoms with Gasteiger partial charge in [-0.25, -0.2) is 0 Å². The van der Waals surface area contributed by atoms with Crippen molar-refractivity contribution in [2.45, 2.75) is 32.1 Å². The van der Waals surface area contributed by atoms with Gasteiger partial charge in [0.1, 0.15) is 12.2 Å². The molecule has 0 saturated carbocycles. The minimum atomic E-state index is -0.324. The van der Waals surface area contributed by atoms with Crippen LogP contribution in [0.5, 0.6) is 5.75 Å². The van der Waals surface area contributed by atoms with Crippen molar-refractivity contribution in [3.8, 4) is 5.75 Å². The third-order valence-electron chi connectivity index (χ3n) is 3.71. The summed E-state index contributed by atoms with van der Waals surface area (Å²) in [5.41, 5.74) is 0.555. The van der Waals surface area contributed by atoms with E-state index < -0.39 is 0 Å². The van der Waals surface area contributed by atoms with Crippen molar-refractivity contribution < 1.29 is 14.3 Å². The lowest BCUT2D eigenvalue weighted by Crippen LogP contribution is -2.34. The smallest absolute Gasteiger partial charge is 0.233 e. The molecule has 0 atom stereocenters. The SMILES string of the molecule is COc1ccc(NC(=O)CC(=O)N2CCCCCC2)cc1Cl. The number of amides is 2. The molecule has 0 spiro atoms. The highest BCUT2D eigenvalue weighted by atomic mass is 35.5. The van der Waals surface area contributed by atoms with Gasteiger partial charge in [0, 0.05) is 18.8 Å². The molecule has 1 fully saturated rings. The Balaban J connectivity index is 1.89.